The standard InChI is InChI=1S/C11H17NO.ClH/c1-7-5-4-6-8(2)10(7)11(12)9(3)13;/h4-6,9,11,13H,12H2,1-3H3;1H/t9-,11-;/m0./s1. The van der Waals surface area contributed by atoms with Crippen LogP contribution >= 0.6 is 12.4 Å². The summed E-state index contributed by atoms with van der Waals surface area (Å²) in [5.41, 5.74) is 9.25. The molecule has 0 unspecified atom stereocenters. The molecule has 1 aromatic carbocycles. The van der Waals surface area contributed by atoms with E-state index in [-0.39, 0.29) is 18.4 Å². The summed E-state index contributed by atoms with van der Waals surface area (Å²) in [6, 6.07) is 5.76. The normalized spacial score (nSPS) is 14.4. The maximum atomic E-state index is 9.40. The molecule has 2 atom stereocenters. The zero-order chi connectivity index (χ0) is 10.0. The first-order valence-electron chi connectivity index (χ1n) is 4.53. The van der Waals surface area contributed by atoms with Crippen molar-refractivity contribution in [3.8, 4) is 0 Å². The van der Waals surface area contributed by atoms with Crippen LogP contribution in [0.15, 0.2) is 18.2 Å². The SMILES string of the molecule is Cc1cccc(C)c1[C@@H](N)[C@H](C)O.Cl. The molecule has 0 saturated carbocycles. The molecule has 14 heavy (non-hydrogen) atoms. The van der Waals surface area contributed by atoms with Crippen LogP contribution in [0.1, 0.15) is 29.7 Å². The Labute approximate surface area is 91.5 Å². The fourth-order valence-corrected chi connectivity index (χ4v) is 1.59. The van der Waals surface area contributed by atoms with Gasteiger partial charge in [-0.3, -0.25) is 0 Å². The third-order valence-electron chi connectivity index (χ3n) is 2.40. The number of hydrogen-bond acceptors (Lipinski definition) is 2. The van der Waals surface area contributed by atoms with Crippen molar-refractivity contribution in [2.75, 3.05) is 0 Å². The minimum Gasteiger partial charge on any atom is -0.391 e. The maximum absolute atomic E-state index is 9.40. The van der Waals surface area contributed by atoms with E-state index in [1.165, 1.54) is 0 Å². The minimum absolute atomic E-state index is 0. The van der Waals surface area contributed by atoms with Gasteiger partial charge in [-0.25, -0.2) is 0 Å². The van der Waals surface area contributed by atoms with Crippen LogP contribution in [0.3, 0.4) is 0 Å². The quantitative estimate of drug-likeness (QED) is 0.794. The van der Waals surface area contributed by atoms with E-state index in [1.807, 2.05) is 32.0 Å². The van der Waals surface area contributed by atoms with Gasteiger partial charge < -0.3 is 10.8 Å². The molecular weight excluding hydrogens is 198 g/mol. The first-order valence-corrected chi connectivity index (χ1v) is 4.53. The molecule has 3 N–H and O–H groups in total. The first kappa shape index (κ1) is 13.4. The predicted octanol–water partition coefficient (Wildman–Crippen LogP) is 2.11. The number of nitrogens with two attached hydrogens (primary N) is 1. The van der Waals surface area contributed by atoms with E-state index in [0.717, 1.165) is 16.7 Å². The molecule has 80 valence electrons. The Morgan fingerprint density at radius 2 is 1.64 bits per heavy atom. The molecular formula is C11H18ClNO. The number of rotatable bonds is 2. The number of halogens is 1. The van der Waals surface area contributed by atoms with Crippen molar-refractivity contribution in [1.82, 2.24) is 0 Å². The highest BCUT2D eigenvalue weighted by Crippen LogP contribution is 2.22. The lowest BCUT2D eigenvalue weighted by Gasteiger charge is -2.19. The van der Waals surface area contributed by atoms with Crippen molar-refractivity contribution >= 4 is 12.4 Å². The second-order valence-electron chi connectivity index (χ2n) is 3.57. The van der Waals surface area contributed by atoms with Gasteiger partial charge in [-0.05, 0) is 37.5 Å². The molecule has 0 aromatic heterocycles. The van der Waals surface area contributed by atoms with Crippen LogP contribution in [0.2, 0.25) is 0 Å². The van der Waals surface area contributed by atoms with Gasteiger partial charge in [0.15, 0.2) is 0 Å². The number of hydrogen-bond donors (Lipinski definition) is 2. The van der Waals surface area contributed by atoms with E-state index < -0.39 is 6.10 Å². The van der Waals surface area contributed by atoms with Crippen LogP contribution in [-0.4, -0.2) is 11.2 Å². The Balaban J connectivity index is 0.00000169. The molecule has 1 aromatic rings. The Morgan fingerprint density at radius 3 is 2.00 bits per heavy atom. The fourth-order valence-electron chi connectivity index (χ4n) is 1.59. The van der Waals surface area contributed by atoms with Crippen molar-refractivity contribution in [3.63, 3.8) is 0 Å². The van der Waals surface area contributed by atoms with E-state index in [2.05, 4.69) is 0 Å². The van der Waals surface area contributed by atoms with Crippen LogP contribution < -0.4 is 5.73 Å². The summed E-state index contributed by atoms with van der Waals surface area (Å²) in [7, 11) is 0. The Bertz CT molecular complexity index is 279. The third-order valence-corrected chi connectivity index (χ3v) is 2.40. The van der Waals surface area contributed by atoms with Gasteiger partial charge in [0.25, 0.3) is 0 Å². The van der Waals surface area contributed by atoms with E-state index >= 15 is 0 Å². The van der Waals surface area contributed by atoms with Gasteiger partial charge in [0.2, 0.25) is 0 Å². The Hall–Kier alpha value is -0.570. The van der Waals surface area contributed by atoms with Gasteiger partial charge in [0, 0.05) is 0 Å². The maximum Gasteiger partial charge on any atom is 0.0704 e. The van der Waals surface area contributed by atoms with E-state index in [4.69, 9.17) is 5.73 Å². The number of aryl methyl sites for hydroxylation is 2. The van der Waals surface area contributed by atoms with Crippen molar-refractivity contribution in [2.45, 2.75) is 32.9 Å². The summed E-state index contributed by atoms with van der Waals surface area (Å²) < 4.78 is 0. The smallest absolute Gasteiger partial charge is 0.0704 e. The molecule has 0 aliphatic rings. The zero-order valence-electron chi connectivity index (χ0n) is 8.82. The number of benzene rings is 1. The molecule has 0 amide bonds. The first-order chi connectivity index (χ1) is 6.04. The van der Waals surface area contributed by atoms with Gasteiger partial charge in [-0.1, -0.05) is 18.2 Å². The van der Waals surface area contributed by atoms with Crippen LogP contribution in [0.5, 0.6) is 0 Å². The average molecular weight is 216 g/mol. The van der Waals surface area contributed by atoms with E-state index in [1.54, 1.807) is 6.92 Å². The second kappa shape index (κ2) is 5.35. The molecule has 0 saturated heterocycles. The molecule has 0 heterocycles. The molecule has 0 radical (unpaired) electrons. The zero-order valence-corrected chi connectivity index (χ0v) is 9.64. The predicted molar refractivity (Wildman–Crippen MR) is 61.8 cm³/mol. The van der Waals surface area contributed by atoms with Gasteiger partial charge in [0.1, 0.15) is 0 Å². The lowest BCUT2D eigenvalue weighted by Crippen LogP contribution is -2.24. The van der Waals surface area contributed by atoms with Gasteiger partial charge in [-0.15, -0.1) is 12.4 Å². The fraction of sp³-hybridized carbons (Fsp3) is 0.455. The summed E-state index contributed by atoms with van der Waals surface area (Å²) in [5, 5.41) is 9.40. The number of aliphatic hydroxyl groups is 1. The monoisotopic (exact) mass is 215 g/mol. The summed E-state index contributed by atoms with van der Waals surface area (Å²) in [6.07, 6.45) is -0.500. The van der Waals surface area contributed by atoms with Gasteiger partial charge in [-0.2, -0.15) is 0 Å². The lowest BCUT2D eigenvalue weighted by molar-refractivity contribution is 0.163. The highest BCUT2D eigenvalue weighted by molar-refractivity contribution is 5.85. The molecule has 0 aliphatic heterocycles. The molecule has 0 fully saturated rings. The van der Waals surface area contributed by atoms with Gasteiger partial charge in [0.05, 0.1) is 12.1 Å². The van der Waals surface area contributed by atoms with E-state index in [0.29, 0.717) is 0 Å². The van der Waals surface area contributed by atoms with Crippen LogP contribution in [-0.2, 0) is 0 Å². The molecule has 0 aliphatic carbocycles. The van der Waals surface area contributed by atoms with Crippen molar-refractivity contribution in [3.05, 3.63) is 34.9 Å². The molecule has 2 nitrogen and oxygen atoms in total. The van der Waals surface area contributed by atoms with Crippen LogP contribution in [0.25, 0.3) is 0 Å². The topological polar surface area (TPSA) is 46.2 Å². The summed E-state index contributed by atoms with van der Waals surface area (Å²) >= 11 is 0. The molecule has 3 heteroatoms. The Morgan fingerprint density at radius 1 is 1.21 bits per heavy atom. The highest BCUT2D eigenvalue weighted by Gasteiger charge is 2.15. The third kappa shape index (κ3) is 2.71. The van der Waals surface area contributed by atoms with E-state index in [9.17, 15) is 5.11 Å². The second-order valence-corrected chi connectivity index (χ2v) is 3.57. The van der Waals surface area contributed by atoms with Crippen molar-refractivity contribution < 1.29 is 5.11 Å². The van der Waals surface area contributed by atoms with Gasteiger partial charge >= 0.3 is 0 Å². The number of aliphatic hydroxyl groups excluding tert-OH is 1. The summed E-state index contributed by atoms with van der Waals surface area (Å²) in [5.74, 6) is 0. The van der Waals surface area contributed by atoms with Crippen LogP contribution in [0.4, 0.5) is 0 Å². The highest BCUT2D eigenvalue weighted by atomic mass is 35.5. The largest absolute Gasteiger partial charge is 0.391 e. The van der Waals surface area contributed by atoms with Crippen molar-refractivity contribution in [1.29, 1.82) is 0 Å². The molecule has 0 bridgehead atoms. The minimum atomic E-state index is -0.500. The summed E-state index contributed by atoms with van der Waals surface area (Å²) in [4.78, 5) is 0. The Kier molecular flexibility index (Phi) is 5.13. The lowest BCUT2D eigenvalue weighted by atomic mass is 9.94. The van der Waals surface area contributed by atoms with Crippen molar-refractivity contribution in [2.24, 2.45) is 5.73 Å². The average Bonchev–Trinajstić information content (AvgIpc) is 2.03. The molecule has 0 spiro atoms. The molecule has 1 rings (SSSR count). The van der Waals surface area contributed by atoms with Crippen LogP contribution in [0, 0.1) is 13.8 Å². The summed E-state index contributed by atoms with van der Waals surface area (Å²) in [6.45, 7) is 5.76.